The Morgan fingerprint density at radius 2 is 1.76 bits per heavy atom. The van der Waals surface area contributed by atoms with Crippen molar-refractivity contribution in [3.63, 3.8) is 0 Å². The average Bonchev–Trinajstić information content (AvgIpc) is 2.89. The molecule has 0 amide bonds. The number of para-hydroxylation sites is 1. The fourth-order valence-corrected chi connectivity index (χ4v) is 2.52. The van der Waals surface area contributed by atoms with Gasteiger partial charge in [0, 0.05) is 18.6 Å². The van der Waals surface area contributed by atoms with Gasteiger partial charge in [-0.1, -0.05) is 12.1 Å². The summed E-state index contributed by atoms with van der Waals surface area (Å²) in [4.78, 5) is 34.8. The van der Waals surface area contributed by atoms with Crippen LogP contribution in [-0.2, 0) is 19.1 Å². The van der Waals surface area contributed by atoms with Crippen LogP contribution in [0.5, 0.6) is 0 Å². The number of methoxy groups -OCH3 is 2. The molecule has 1 aliphatic heterocycles. The standard InChI is InChI=1S/C18H15N3O4/c1-24-17(22)12-6-3-4-11-21(16(12)18(23)25-2)14-8-5-7-13-15(14)20-10-9-19-13/h3-11H,1-2H3. The number of ether oxygens (including phenoxy) is 2. The number of nitrogens with zero attached hydrogens (tertiary/aromatic N) is 3. The first-order chi connectivity index (χ1) is 12.2. The molecule has 1 aromatic carbocycles. The van der Waals surface area contributed by atoms with E-state index >= 15 is 0 Å². The Balaban J connectivity index is 2.28. The highest BCUT2D eigenvalue weighted by atomic mass is 16.5. The van der Waals surface area contributed by atoms with E-state index in [0.29, 0.717) is 16.7 Å². The predicted octanol–water partition coefficient (Wildman–Crippen LogP) is 2.12. The van der Waals surface area contributed by atoms with Gasteiger partial charge in [-0.3, -0.25) is 9.97 Å². The van der Waals surface area contributed by atoms with Gasteiger partial charge >= 0.3 is 11.9 Å². The third-order valence-electron chi connectivity index (χ3n) is 3.63. The molecule has 0 saturated heterocycles. The minimum absolute atomic E-state index is 0.0394. The zero-order valence-corrected chi connectivity index (χ0v) is 13.7. The van der Waals surface area contributed by atoms with E-state index in [1.807, 2.05) is 6.07 Å². The Kier molecular flexibility index (Phi) is 4.56. The molecule has 7 nitrogen and oxygen atoms in total. The number of benzene rings is 1. The van der Waals surface area contributed by atoms with Crippen LogP contribution < -0.4 is 4.90 Å². The summed E-state index contributed by atoms with van der Waals surface area (Å²) in [6.45, 7) is 0. The van der Waals surface area contributed by atoms with Crippen LogP contribution in [0.3, 0.4) is 0 Å². The summed E-state index contributed by atoms with van der Waals surface area (Å²) in [6.07, 6.45) is 9.66. The summed E-state index contributed by atoms with van der Waals surface area (Å²) < 4.78 is 9.69. The van der Waals surface area contributed by atoms with Gasteiger partial charge in [0.2, 0.25) is 0 Å². The fraction of sp³-hybridized carbons (Fsp3) is 0.111. The molecule has 3 rings (SSSR count). The molecule has 2 aromatic rings. The van der Waals surface area contributed by atoms with Crippen molar-refractivity contribution in [2.24, 2.45) is 0 Å². The highest BCUT2D eigenvalue weighted by Gasteiger charge is 2.28. The number of hydrogen-bond donors (Lipinski definition) is 0. The van der Waals surface area contributed by atoms with Crippen LogP contribution in [-0.4, -0.2) is 36.1 Å². The first-order valence-corrected chi connectivity index (χ1v) is 7.42. The number of hydrogen-bond acceptors (Lipinski definition) is 7. The lowest BCUT2D eigenvalue weighted by atomic mass is 10.1. The molecule has 0 radical (unpaired) electrons. The van der Waals surface area contributed by atoms with E-state index < -0.39 is 11.9 Å². The van der Waals surface area contributed by atoms with E-state index in [-0.39, 0.29) is 11.3 Å². The zero-order chi connectivity index (χ0) is 17.8. The second-order valence-corrected chi connectivity index (χ2v) is 5.02. The van der Waals surface area contributed by atoms with Crippen LogP contribution in [0.25, 0.3) is 11.0 Å². The first kappa shape index (κ1) is 16.4. The van der Waals surface area contributed by atoms with Gasteiger partial charge < -0.3 is 14.4 Å². The molecule has 0 fully saturated rings. The maximum atomic E-state index is 12.4. The van der Waals surface area contributed by atoms with Gasteiger partial charge in [-0.2, -0.15) is 0 Å². The van der Waals surface area contributed by atoms with Crippen LogP contribution >= 0.6 is 0 Å². The molecule has 0 aliphatic carbocycles. The van der Waals surface area contributed by atoms with Crippen molar-refractivity contribution in [2.75, 3.05) is 19.1 Å². The quantitative estimate of drug-likeness (QED) is 0.793. The molecule has 7 heteroatoms. The molecular formula is C18H15N3O4. The van der Waals surface area contributed by atoms with Crippen molar-refractivity contribution in [2.45, 2.75) is 0 Å². The number of carbonyl (C=O) groups is 2. The van der Waals surface area contributed by atoms with E-state index in [4.69, 9.17) is 9.47 Å². The van der Waals surface area contributed by atoms with Crippen molar-refractivity contribution in [3.05, 3.63) is 66.3 Å². The van der Waals surface area contributed by atoms with Crippen LogP contribution in [0.1, 0.15) is 0 Å². The Morgan fingerprint density at radius 1 is 1.00 bits per heavy atom. The first-order valence-electron chi connectivity index (χ1n) is 7.42. The van der Waals surface area contributed by atoms with Crippen molar-refractivity contribution >= 4 is 28.7 Å². The van der Waals surface area contributed by atoms with E-state index in [2.05, 4.69) is 9.97 Å². The lowest BCUT2D eigenvalue weighted by molar-refractivity contribution is -0.139. The summed E-state index contributed by atoms with van der Waals surface area (Å²) in [6, 6.07) is 5.39. The SMILES string of the molecule is COC(=O)C1=C(C(=O)OC)N(c2cccc3nccnc23)C=CC=C1. The molecule has 0 atom stereocenters. The summed E-state index contributed by atoms with van der Waals surface area (Å²) >= 11 is 0. The van der Waals surface area contributed by atoms with Gasteiger partial charge in [-0.25, -0.2) is 9.59 Å². The highest BCUT2D eigenvalue weighted by molar-refractivity contribution is 6.07. The largest absolute Gasteiger partial charge is 0.465 e. The Bertz CT molecular complexity index is 926. The molecule has 0 saturated carbocycles. The monoisotopic (exact) mass is 337 g/mol. The molecular weight excluding hydrogens is 322 g/mol. The number of rotatable bonds is 3. The van der Waals surface area contributed by atoms with Crippen LogP contribution in [0.15, 0.2) is 66.3 Å². The van der Waals surface area contributed by atoms with Gasteiger partial charge in [0.25, 0.3) is 0 Å². The summed E-state index contributed by atoms with van der Waals surface area (Å²) in [5.74, 6) is -1.31. The normalized spacial score (nSPS) is 13.8. The maximum Gasteiger partial charge on any atom is 0.355 e. The predicted molar refractivity (Wildman–Crippen MR) is 91.4 cm³/mol. The van der Waals surface area contributed by atoms with E-state index in [9.17, 15) is 9.59 Å². The molecule has 0 spiro atoms. The average molecular weight is 337 g/mol. The third kappa shape index (κ3) is 2.99. The van der Waals surface area contributed by atoms with Gasteiger partial charge in [0.05, 0.1) is 31.0 Å². The van der Waals surface area contributed by atoms with Crippen LogP contribution in [0.2, 0.25) is 0 Å². The van der Waals surface area contributed by atoms with Gasteiger partial charge in [-0.05, 0) is 24.3 Å². The van der Waals surface area contributed by atoms with Crippen LogP contribution in [0, 0.1) is 0 Å². The molecule has 0 N–H and O–H groups in total. The fourth-order valence-electron chi connectivity index (χ4n) is 2.52. The minimum Gasteiger partial charge on any atom is -0.465 e. The topological polar surface area (TPSA) is 81.6 Å². The van der Waals surface area contributed by atoms with Gasteiger partial charge in [-0.15, -0.1) is 0 Å². The van der Waals surface area contributed by atoms with E-state index in [1.54, 1.807) is 47.8 Å². The summed E-state index contributed by atoms with van der Waals surface area (Å²) in [7, 11) is 2.51. The van der Waals surface area contributed by atoms with Crippen molar-refractivity contribution < 1.29 is 19.1 Å². The van der Waals surface area contributed by atoms with Crippen LogP contribution in [0.4, 0.5) is 5.69 Å². The molecule has 126 valence electrons. The molecule has 1 aliphatic rings. The van der Waals surface area contributed by atoms with Gasteiger partial charge in [0.1, 0.15) is 11.2 Å². The Hall–Kier alpha value is -3.48. The highest BCUT2D eigenvalue weighted by Crippen LogP contribution is 2.30. The smallest absolute Gasteiger partial charge is 0.355 e. The second kappa shape index (κ2) is 6.96. The zero-order valence-electron chi connectivity index (χ0n) is 13.7. The molecule has 0 bridgehead atoms. The third-order valence-corrected chi connectivity index (χ3v) is 3.63. The number of esters is 2. The van der Waals surface area contributed by atoms with E-state index in [1.165, 1.54) is 20.3 Å². The Labute approximate surface area is 143 Å². The number of aromatic nitrogens is 2. The minimum atomic E-state index is -0.669. The second-order valence-electron chi connectivity index (χ2n) is 5.02. The van der Waals surface area contributed by atoms with Crippen molar-refractivity contribution in [1.82, 2.24) is 9.97 Å². The number of anilines is 1. The molecule has 25 heavy (non-hydrogen) atoms. The lowest BCUT2D eigenvalue weighted by Gasteiger charge is -2.23. The molecule has 0 unspecified atom stereocenters. The van der Waals surface area contributed by atoms with Gasteiger partial charge in [0.15, 0.2) is 0 Å². The summed E-state index contributed by atoms with van der Waals surface area (Å²) in [5.41, 5.74) is 1.96. The number of allylic oxidation sites excluding steroid dienone is 2. The maximum absolute atomic E-state index is 12.4. The van der Waals surface area contributed by atoms with Crippen molar-refractivity contribution in [3.8, 4) is 0 Å². The molecule has 2 heterocycles. The van der Waals surface area contributed by atoms with Crippen molar-refractivity contribution in [1.29, 1.82) is 0 Å². The number of fused-ring (bicyclic) bond motifs is 1. The van der Waals surface area contributed by atoms with E-state index in [0.717, 1.165) is 0 Å². The number of carbonyl (C=O) groups excluding carboxylic acids is 2. The molecule has 1 aromatic heterocycles. The lowest BCUT2D eigenvalue weighted by Crippen LogP contribution is -2.27. The summed E-state index contributed by atoms with van der Waals surface area (Å²) in [5, 5.41) is 0. The Morgan fingerprint density at radius 3 is 2.52 bits per heavy atom.